The summed E-state index contributed by atoms with van der Waals surface area (Å²) in [4.78, 5) is 7.62. The first kappa shape index (κ1) is 9.59. The fourth-order valence-electron chi connectivity index (χ4n) is 2.32. The van der Waals surface area contributed by atoms with Crippen molar-refractivity contribution >= 4 is 0 Å². The molecule has 2 N–H and O–H groups in total. The Bertz CT molecular complexity index is 484. The van der Waals surface area contributed by atoms with Gasteiger partial charge in [0.25, 0.3) is 0 Å². The SMILES string of the molecule is CCn1nccc1C1NCCc2[nH]cnc21. The Morgan fingerprint density at radius 1 is 1.56 bits per heavy atom. The monoisotopic (exact) mass is 217 g/mol. The van der Waals surface area contributed by atoms with Crippen LogP contribution in [-0.4, -0.2) is 26.3 Å². The molecular weight excluding hydrogens is 202 g/mol. The Hall–Kier alpha value is -1.62. The Kier molecular flexibility index (Phi) is 2.25. The van der Waals surface area contributed by atoms with E-state index in [2.05, 4.69) is 33.4 Å². The minimum Gasteiger partial charge on any atom is -0.348 e. The van der Waals surface area contributed by atoms with Gasteiger partial charge in [-0.1, -0.05) is 0 Å². The van der Waals surface area contributed by atoms with Crippen LogP contribution in [0.25, 0.3) is 0 Å². The van der Waals surface area contributed by atoms with Gasteiger partial charge in [-0.15, -0.1) is 0 Å². The van der Waals surface area contributed by atoms with Gasteiger partial charge in [0.2, 0.25) is 0 Å². The number of fused-ring (bicyclic) bond motifs is 1. The number of hydrogen-bond acceptors (Lipinski definition) is 3. The molecule has 0 bridgehead atoms. The van der Waals surface area contributed by atoms with Crippen LogP contribution in [0.2, 0.25) is 0 Å². The van der Waals surface area contributed by atoms with E-state index in [1.54, 1.807) is 6.33 Å². The number of aryl methyl sites for hydroxylation is 1. The Labute approximate surface area is 93.9 Å². The van der Waals surface area contributed by atoms with E-state index in [1.165, 1.54) is 11.4 Å². The standard InChI is InChI=1S/C11H15N5/c1-2-16-9(4-6-15-16)11-10-8(3-5-12-11)13-7-14-10/h4,6-7,11-12H,2-3,5H2,1H3,(H,13,14). The zero-order chi connectivity index (χ0) is 11.0. The van der Waals surface area contributed by atoms with Crippen LogP contribution >= 0.6 is 0 Å². The molecule has 1 aliphatic rings. The molecule has 5 heteroatoms. The van der Waals surface area contributed by atoms with E-state index in [1.807, 2.05) is 10.9 Å². The topological polar surface area (TPSA) is 58.5 Å². The number of hydrogen-bond donors (Lipinski definition) is 2. The van der Waals surface area contributed by atoms with Crippen LogP contribution in [0.1, 0.15) is 30.0 Å². The fraction of sp³-hybridized carbons (Fsp3) is 0.455. The first-order valence-corrected chi connectivity index (χ1v) is 5.67. The van der Waals surface area contributed by atoms with E-state index in [9.17, 15) is 0 Å². The predicted molar refractivity (Wildman–Crippen MR) is 60.0 cm³/mol. The lowest BCUT2D eigenvalue weighted by molar-refractivity contribution is 0.501. The lowest BCUT2D eigenvalue weighted by Gasteiger charge is -2.23. The summed E-state index contributed by atoms with van der Waals surface area (Å²) in [6.45, 7) is 3.97. The van der Waals surface area contributed by atoms with Crippen LogP contribution < -0.4 is 5.32 Å². The van der Waals surface area contributed by atoms with Gasteiger partial charge in [-0.05, 0) is 13.0 Å². The molecule has 0 spiro atoms. The van der Waals surface area contributed by atoms with Gasteiger partial charge in [0.05, 0.1) is 23.8 Å². The molecule has 0 fully saturated rings. The van der Waals surface area contributed by atoms with E-state index in [-0.39, 0.29) is 6.04 Å². The minimum atomic E-state index is 0.178. The molecule has 84 valence electrons. The summed E-state index contributed by atoms with van der Waals surface area (Å²) in [5.74, 6) is 0. The molecule has 0 radical (unpaired) electrons. The number of imidazole rings is 1. The van der Waals surface area contributed by atoms with Crippen LogP contribution in [0.3, 0.4) is 0 Å². The third kappa shape index (κ3) is 1.36. The first-order chi connectivity index (χ1) is 7.90. The van der Waals surface area contributed by atoms with Crippen molar-refractivity contribution < 1.29 is 0 Å². The third-order valence-corrected chi connectivity index (χ3v) is 3.09. The zero-order valence-corrected chi connectivity index (χ0v) is 9.27. The van der Waals surface area contributed by atoms with Crippen molar-refractivity contribution in [1.82, 2.24) is 25.1 Å². The van der Waals surface area contributed by atoms with E-state index >= 15 is 0 Å². The van der Waals surface area contributed by atoms with Crippen molar-refractivity contribution in [1.29, 1.82) is 0 Å². The van der Waals surface area contributed by atoms with Crippen LogP contribution in [0.4, 0.5) is 0 Å². The third-order valence-electron chi connectivity index (χ3n) is 3.09. The van der Waals surface area contributed by atoms with Crippen molar-refractivity contribution in [3.63, 3.8) is 0 Å². The summed E-state index contributed by atoms with van der Waals surface area (Å²) in [7, 11) is 0. The van der Waals surface area contributed by atoms with Gasteiger partial charge in [-0.3, -0.25) is 4.68 Å². The lowest BCUT2D eigenvalue weighted by atomic mass is 10.0. The highest BCUT2D eigenvalue weighted by Crippen LogP contribution is 2.25. The largest absolute Gasteiger partial charge is 0.348 e. The Morgan fingerprint density at radius 2 is 2.50 bits per heavy atom. The molecule has 0 saturated carbocycles. The molecule has 3 rings (SSSR count). The molecular formula is C11H15N5. The zero-order valence-electron chi connectivity index (χ0n) is 9.27. The summed E-state index contributed by atoms with van der Waals surface area (Å²) in [5, 5.41) is 7.80. The molecule has 1 unspecified atom stereocenters. The highest BCUT2D eigenvalue weighted by molar-refractivity contribution is 5.28. The van der Waals surface area contributed by atoms with Crippen molar-refractivity contribution in [2.24, 2.45) is 0 Å². The second kappa shape index (κ2) is 3.75. The summed E-state index contributed by atoms with van der Waals surface area (Å²) >= 11 is 0. The van der Waals surface area contributed by atoms with Crippen LogP contribution in [0.5, 0.6) is 0 Å². The van der Waals surface area contributed by atoms with E-state index in [0.717, 1.165) is 25.2 Å². The first-order valence-electron chi connectivity index (χ1n) is 5.67. The molecule has 1 atom stereocenters. The minimum absolute atomic E-state index is 0.178. The highest BCUT2D eigenvalue weighted by Gasteiger charge is 2.25. The highest BCUT2D eigenvalue weighted by atomic mass is 15.3. The maximum atomic E-state index is 4.41. The molecule has 2 aromatic heterocycles. The Morgan fingerprint density at radius 3 is 3.38 bits per heavy atom. The Balaban J connectivity index is 2.04. The molecule has 0 amide bonds. The molecule has 0 aliphatic carbocycles. The van der Waals surface area contributed by atoms with Gasteiger partial charge >= 0.3 is 0 Å². The van der Waals surface area contributed by atoms with Crippen molar-refractivity contribution in [2.45, 2.75) is 25.9 Å². The van der Waals surface area contributed by atoms with Crippen molar-refractivity contribution in [3.8, 4) is 0 Å². The summed E-state index contributed by atoms with van der Waals surface area (Å²) in [6, 6.07) is 2.24. The maximum Gasteiger partial charge on any atom is 0.0940 e. The van der Waals surface area contributed by atoms with E-state index in [4.69, 9.17) is 0 Å². The average Bonchev–Trinajstić information content (AvgIpc) is 2.96. The predicted octanol–water partition coefficient (Wildman–Crippen LogP) is 0.861. The lowest BCUT2D eigenvalue weighted by Crippen LogP contribution is -2.32. The molecule has 16 heavy (non-hydrogen) atoms. The van der Waals surface area contributed by atoms with Crippen LogP contribution in [0.15, 0.2) is 18.6 Å². The summed E-state index contributed by atoms with van der Waals surface area (Å²) < 4.78 is 2.02. The molecule has 0 saturated heterocycles. The van der Waals surface area contributed by atoms with Gasteiger partial charge in [-0.2, -0.15) is 5.10 Å². The maximum absolute atomic E-state index is 4.41. The fourth-order valence-corrected chi connectivity index (χ4v) is 2.32. The second-order valence-electron chi connectivity index (χ2n) is 3.98. The average molecular weight is 217 g/mol. The molecule has 2 aromatic rings. The molecule has 0 aromatic carbocycles. The van der Waals surface area contributed by atoms with Gasteiger partial charge in [-0.25, -0.2) is 4.98 Å². The second-order valence-corrected chi connectivity index (χ2v) is 3.98. The van der Waals surface area contributed by atoms with E-state index in [0.29, 0.717) is 0 Å². The number of rotatable bonds is 2. The van der Waals surface area contributed by atoms with Crippen LogP contribution in [-0.2, 0) is 13.0 Å². The summed E-state index contributed by atoms with van der Waals surface area (Å²) in [6.07, 6.45) is 4.64. The molecule has 3 heterocycles. The number of nitrogens with zero attached hydrogens (tertiary/aromatic N) is 3. The summed E-state index contributed by atoms with van der Waals surface area (Å²) in [5.41, 5.74) is 3.55. The number of aromatic nitrogens is 4. The number of aromatic amines is 1. The number of H-pyrrole nitrogens is 1. The van der Waals surface area contributed by atoms with Crippen molar-refractivity contribution in [2.75, 3.05) is 6.54 Å². The van der Waals surface area contributed by atoms with E-state index < -0.39 is 0 Å². The van der Waals surface area contributed by atoms with Gasteiger partial charge < -0.3 is 10.3 Å². The van der Waals surface area contributed by atoms with Gasteiger partial charge in [0, 0.05) is 31.4 Å². The normalized spacial score (nSPS) is 19.7. The van der Waals surface area contributed by atoms with Crippen LogP contribution in [0, 0.1) is 0 Å². The molecule has 1 aliphatic heterocycles. The van der Waals surface area contributed by atoms with Gasteiger partial charge in [0.15, 0.2) is 0 Å². The smallest absolute Gasteiger partial charge is 0.0940 e. The molecule has 5 nitrogen and oxygen atoms in total. The van der Waals surface area contributed by atoms with Gasteiger partial charge in [0.1, 0.15) is 0 Å². The quantitative estimate of drug-likeness (QED) is 0.784. The number of nitrogens with one attached hydrogen (secondary N) is 2. The van der Waals surface area contributed by atoms with Crippen molar-refractivity contribution in [3.05, 3.63) is 35.7 Å².